The number of nitrogens with zero attached hydrogens (tertiary/aromatic N) is 3. The number of hydrogen-bond acceptors (Lipinski definition) is 7. The molecule has 0 radical (unpaired) electrons. The number of ether oxygens (including phenoxy) is 3. The number of imidazole rings is 1. The molecule has 0 aliphatic rings. The van der Waals surface area contributed by atoms with Gasteiger partial charge in [-0.3, -0.25) is 0 Å². The highest BCUT2D eigenvalue weighted by Crippen LogP contribution is 2.35. The number of aromatic nitrogens is 3. The van der Waals surface area contributed by atoms with Gasteiger partial charge < -0.3 is 19.5 Å². The summed E-state index contributed by atoms with van der Waals surface area (Å²) < 4.78 is 18.0. The Morgan fingerprint density at radius 3 is 2.36 bits per heavy atom. The first-order valence-electron chi connectivity index (χ1n) is 8.66. The van der Waals surface area contributed by atoms with Crippen molar-refractivity contribution < 1.29 is 14.2 Å². The molecular formula is C20H20N4O3S. The molecule has 2 aromatic carbocycles. The van der Waals surface area contributed by atoms with Crippen LogP contribution in [0.25, 0.3) is 16.2 Å². The van der Waals surface area contributed by atoms with Gasteiger partial charge in [-0.2, -0.15) is 0 Å². The third kappa shape index (κ3) is 3.46. The summed E-state index contributed by atoms with van der Waals surface area (Å²) in [6.07, 6.45) is 1.93. The van der Waals surface area contributed by atoms with Crippen LogP contribution in [0.2, 0.25) is 0 Å². The molecule has 1 N–H and O–H groups in total. The highest BCUT2D eigenvalue weighted by atomic mass is 32.1. The number of fused-ring (bicyclic) bond motifs is 1. The van der Waals surface area contributed by atoms with Crippen LogP contribution in [-0.4, -0.2) is 35.9 Å². The first kappa shape index (κ1) is 18.1. The van der Waals surface area contributed by atoms with Crippen LogP contribution >= 0.6 is 11.3 Å². The summed E-state index contributed by atoms with van der Waals surface area (Å²) in [4.78, 5) is 5.49. The van der Waals surface area contributed by atoms with Crippen molar-refractivity contribution in [3.05, 3.63) is 54.2 Å². The Labute approximate surface area is 166 Å². The van der Waals surface area contributed by atoms with E-state index in [9.17, 15) is 0 Å². The Kier molecular flexibility index (Phi) is 5.03. The Hall–Kier alpha value is -3.26. The molecule has 0 aliphatic heterocycles. The lowest BCUT2D eigenvalue weighted by Crippen LogP contribution is -2.03. The fourth-order valence-corrected chi connectivity index (χ4v) is 3.70. The van der Waals surface area contributed by atoms with E-state index in [-0.39, 0.29) is 0 Å². The highest BCUT2D eigenvalue weighted by Gasteiger charge is 2.13. The second kappa shape index (κ2) is 7.77. The van der Waals surface area contributed by atoms with Crippen molar-refractivity contribution in [2.45, 2.75) is 6.54 Å². The molecule has 4 rings (SSSR count). The number of nitrogens with one attached hydrogen (secondary N) is 1. The number of benzene rings is 2. The topological polar surface area (TPSA) is 69.9 Å². The largest absolute Gasteiger partial charge is 0.496 e. The van der Waals surface area contributed by atoms with E-state index in [2.05, 4.69) is 15.4 Å². The molecule has 144 valence electrons. The molecule has 7 nitrogen and oxygen atoms in total. The molecule has 0 fully saturated rings. The monoisotopic (exact) mass is 396 g/mol. The minimum atomic E-state index is 0.533. The lowest BCUT2D eigenvalue weighted by atomic mass is 10.1. The predicted molar refractivity (Wildman–Crippen MR) is 110 cm³/mol. The maximum absolute atomic E-state index is 5.47. The summed E-state index contributed by atoms with van der Waals surface area (Å²) in [5, 5.41) is 8.68. The summed E-state index contributed by atoms with van der Waals surface area (Å²) in [7, 11) is 4.85. The normalized spacial score (nSPS) is 10.8. The summed E-state index contributed by atoms with van der Waals surface area (Å²) >= 11 is 1.50. The molecule has 2 heterocycles. The quantitative estimate of drug-likeness (QED) is 0.507. The second-order valence-electron chi connectivity index (χ2n) is 6.00. The smallest absolute Gasteiger partial charge is 0.214 e. The SMILES string of the molecule is COc1cc(OC)c(OC)cc1CNc1nn2cc(-c3ccccc3)nc2s1. The van der Waals surface area contributed by atoms with Gasteiger partial charge in [0.1, 0.15) is 5.75 Å². The van der Waals surface area contributed by atoms with E-state index in [1.807, 2.05) is 48.7 Å². The molecule has 0 saturated heterocycles. The molecule has 0 saturated carbocycles. The minimum absolute atomic E-state index is 0.533. The van der Waals surface area contributed by atoms with Crippen molar-refractivity contribution in [2.75, 3.05) is 26.6 Å². The van der Waals surface area contributed by atoms with Crippen LogP contribution in [0, 0.1) is 0 Å². The lowest BCUT2D eigenvalue weighted by Gasteiger charge is -2.14. The van der Waals surface area contributed by atoms with E-state index >= 15 is 0 Å². The maximum atomic E-state index is 5.47. The van der Waals surface area contributed by atoms with E-state index in [4.69, 9.17) is 14.2 Å². The maximum Gasteiger partial charge on any atom is 0.214 e. The van der Waals surface area contributed by atoms with Gasteiger partial charge in [-0.1, -0.05) is 41.7 Å². The summed E-state index contributed by atoms with van der Waals surface area (Å²) in [5.41, 5.74) is 2.93. The molecule has 0 unspecified atom stereocenters. The number of anilines is 1. The number of hydrogen-bond donors (Lipinski definition) is 1. The highest BCUT2D eigenvalue weighted by molar-refractivity contribution is 7.20. The van der Waals surface area contributed by atoms with Gasteiger partial charge in [0.2, 0.25) is 10.1 Å². The second-order valence-corrected chi connectivity index (χ2v) is 6.96. The van der Waals surface area contributed by atoms with Crippen LogP contribution in [0.3, 0.4) is 0 Å². The molecular weight excluding hydrogens is 376 g/mol. The van der Waals surface area contributed by atoms with Crippen molar-refractivity contribution >= 4 is 21.4 Å². The van der Waals surface area contributed by atoms with E-state index < -0.39 is 0 Å². The van der Waals surface area contributed by atoms with Crippen LogP contribution in [0.4, 0.5) is 5.13 Å². The van der Waals surface area contributed by atoms with Crippen molar-refractivity contribution in [1.82, 2.24) is 14.6 Å². The van der Waals surface area contributed by atoms with Crippen LogP contribution < -0.4 is 19.5 Å². The molecule has 2 aromatic heterocycles. The fourth-order valence-electron chi connectivity index (χ4n) is 2.92. The van der Waals surface area contributed by atoms with Gasteiger partial charge in [0, 0.05) is 23.7 Å². The summed E-state index contributed by atoms with van der Waals surface area (Å²) in [6, 6.07) is 13.8. The Morgan fingerprint density at radius 1 is 0.964 bits per heavy atom. The van der Waals surface area contributed by atoms with Gasteiger partial charge in [0.25, 0.3) is 0 Å². The Bertz CT molecular complexity index is 1060. The average molecular weight is 396 g/mol. The van der Waals surface area contributed by atoms with Crippen LogP contribution in [-0.2, 0) is 6.54 Å². The van der Waals surface area contributed by atoms with E-state index in [1.54, 1.807) is 25.8 Å². The third-order valence-electron chi connectivity index (χ3n) is 4.33. The zero-order chi connectivity index (χ0) is 19.5. The predicted octanol–water partition coefficient (Wildman–Crippen LogP) is 4.10. The molecule has 0 spiro atoms. The lowest BCUT2D eigenvalue weighted by molar-refractivity contribution is 0.347. The van der Waals surface area contributed by atoms with Crippen LogP contribution in [0.5, 0.6) is 17.2 Å². The summed E-state index contributed by atoms with van der Waals surface area (Å²) in [5.74, 6) is 2.00. The van der Waals surface area contributed by atoms with Gasteiger partial charge in [-0.25, -0.2) is 9.50 Å². The zero-order valence-corrected chi connectivity index (χ0v) is 16.6. The molecule has 0 bridgehead atoms. The molecule has 0 aliphatic carbocycles. The van der Waals surface area contributed by atoms with Crippen molar-refractivity contribution in [3.63, 3.8) is 0 Å². The molecule has 0 atom stereocenters. The van der Waals surface area contributed by atoms with Gasteiger partial charge in [-0.15, -0.1) is 5.10 Å². The molecule has 28 heavy (non-hydrogen) atoms. The zero-order valence-electron chi connectivity index (χ0n) is 15.8. The number of rotatable bonds is 7. The first-order valence-corrected chi connectivity index (χ1v) is 9.48. The fraction of sp³-hybridized carbons (Fsp3) is 0.200. The third-order valence-corrected chi connectivity index (χ3v) is 5.21. The van der Waals surface area contributed by atoms with Crippen molar-refractivity contribution in [2.24, 2.45) is 0 Å². The van der Waals surface area contributed by atoms with Crippen LogP contribution in [0.15, 0.2) is 48.7 Å². The van der Waals surface area contributed by atoms with Gasteiger partial charge >= 0.3 is 0 Å². The summed E-state index contributed by atoms with van der Waals surface area (Å²) in [6.45, 7) is 0.533. The van der Waals surface area contributed by atoms with Gasteiger partial charge in [0.05, 0.1) is 33.2 Å². The van der Waals surface area contributed by atoms with Gasteiger partial charge in [0.15, 0.2) is 11.5 Å². The van der Waals surface area contributed by atoms with E-state index in [0.717, 1.165) is 32.7 Å². The average Bonchev–Trinajstić information content (AvgIpc) is 3.31. The van der Waals surface area contributed by atoms with Crippen molar-refractivity contribution in [1.29, 1.82) is 0 Å². The standard InChI is InChI=1S/C20H20N4O3S/c1-25-16-10-18(27-3)17(26-2)9-14(16)11-21-19-23-24-12-15(22-20(24)28-19)13-7-5-4-6-8-13/h4-10,12H,11H2,1-3H3,(H,21,23). The first-order chi connectivity index (χ1) is 13.7. The van der Waals surface area contributed by atoms with E-state index in [0.29, 0.717) is 18.0 Å². The van der Waals surface area contributed by atoms with E-state index in [1.165, 1.54) is 11.3 Å². The van der Waals surface area contributed by atoms with Crippen LogP contribution in [0.1, 0.15) is 5.56 Å². The molecule has 0 amide bonds. The number of methoxy groups -OCH3 is 3. The van der Waals surface area contributed by atoms with Crippen molar-refractivity contribution in [3.8, 4) is 28.5 Å². The van der Waals surface area contributed by atoms with Gasteiger partial charge in [-0.05, 0) is 6.07 Å². The molecule has 8 heteroatoms. The minimum Gasteiger partial charge on any atom is -0.496 e. The Morgan fingerprint density at radius 2 is 1.68 bits per heavy atom. The Balaban J connectivity index is 1.54. The molecule has 4 aromatic rings.